The monoisotopic (exact) mass is 392 g/mol. The lowest BCUT2D eigenvalue weighted by Gasteiger charge is -2.26. The highest BCUT2D eigenvalue weighted by atomic mass is 16.6. The quantitative estimate of drug-likeness (QED) is 0.766. The summed E-state index contributed by atoms with van der Waals surface area (Å²) in [7, 11) is 0. The molecule has 0 atom stereocenters. The zero-order chi connectivity index (χ0) is 20.7. The lowest BCUT2D eigenvalue weighted by Crippen LogP contribution is -2.40. The second-order valence-electron chi connectivity index (χ2n) is 7.64. The van der Waals surface area contributed by atoms with Gasteiger partial charge in [-0.2, -0.15) is 0 Å². The molecule has 0 aliphatic carbocycles. The van der Waals surface area contributed by atoms with E-state index in [2.05, 4.69) is 0 Å². The van der Waals surface area contributed by atoms with Crippen molar-refractivity contribution >= 4 is 12.0 Å². The molecule has 1 aliphatic heterocycles. The molecular formula is C21H32N2O5. The molecule has 0 saturated carbocycles. The van der Waals surface area contributed by atoms with Crippen LogP contribution in [0.1, 0.15) is 51.4 Å². The molecule has 2 rings (SSSR count). The van der Waals surface area contributed by atoms with E-state index in [0.29, 0.717) is 62.9 Å². The number of amides is 2. The number of rotatable bonds is 5. The molecule has 1 heterocycles. The maximum Gasteiger partial charge on any atom is 0.410 e. The zero-order valence-corrected chi connectivity index (χ0v) is 17.6. The van der Waals surface area contributed by atoms with Crippen LogP contribution >= 0.6 is 0 Å². The number of nitrogens with zero attached hydrogens (tertiary/aromatic N) is 2. The molecule has 7 nitrogen and oxygen atoms in total. The van der Waals surface area contributed by atoms with Gasteiger partial charge in [-0.15, -0.1) is 0 Å². The van der Waals surface area contributed by atoms with Crippen molar-refractivity contribution in [2.24, 2.45) is 0 Å². The fourth-order valence-electron chi connectivity index (χ4n) is 3.00. The Bertz CT molecular complexity index is 684. The van der Waals surface area contributed by atoms with Crippen molar-refractivity contribution in [2.75, 3.05) is 39.4 Å². The van der Waals surface area contributed by atoms with E-state index in [1.54, 1.807) is 28.0 Å². The Balaban J connectivity index is 2.06. The molecule has 1 fully saturated rings. The molecular weight excluding hydrogens is 360 g/mol. The third-order valence-corrected chi connectivity index (χ3v) is 4.23. The lowest BCUT2D eigenvalue weighted by molar-refractivity contribution is 0.0255. The summed E-state index contributed by atoms with van der Waals surface area (Å²) in [6.45, 7) is 12.5. The van der Waals surface area contributed by atoms with Crippen molar-refractivity contribution in [2.45, 2.75) is 46.6 Å². The van der Waals surface area contributed by atoms with Crippen LogP contribution in [0.15, 0.2) is 18.2 Å². The molecule has 0 N–H and O–H groups in total. The normalized spacial score (nSPS) is 15.0. The molecule has 1 aromatic carbocycles. The molecule has 0 radical (unpaired) electrons. The predicted molar refractivity (Wildman–Crippen MR) is 107 cm³/mol. The van der Waals surface area contributed by atoms with Gasteiger partial charge in [-0.05, 0) is 59.2 Å². The van der Waals surface area contributed by atoms with E-state index < -0.39 is 5.60 Å². The smallest absolute Gasteiger partial charge is 0.410 e. The van der Waals surface area contributed by atoms with E-state index in [1.165, 1.54) is 0 Å². The van der Waals surface area contributed by atoms with Crippen LogP contribution < -0.4 is 9.47 Å². The molecule has 0 unspecified atom stereocenters. The fourth-order valence-corrected chi connectivity index (χ4v) is 3.00. The number of hydrogen-bond acceptors (Lipinski definition) is 5. The molecule has 28 heavy (non-hydrogen) atoms. The lowest BCUT2D eigenvalue weighted by atomic mass is 10.1. The number of ether oxygens (including phenoxy) is 3. The summed E-state index contributed by atoms with van der Waals surface area (Å²) in [5, 5.41) is 0. The highest BCUT2D eigenvalue weighted by Crippen LogP contribution is 2.29. The zero-order valence-electron chi connectivity index (χ0n) is 17.6. The summed E-state index contributed by atoms with van der Waals surface area (Å²) >= 11 is 0. The van der Waals surface area contributed by atoms with Gasteiger partial charge in [-0.1, -0.05) is 0 Å². The topological polar surface area (TPSA) is 68.3 Å². The van der Waals surface area contributed by atoms with Gasteiger partial charge in [0.15, 0.2) is 11.5 Å². The first kappa shape index (κ1) is 21.9. The fraction of sp³-hybridized carbons (Fsp3) is 0.619. The SMILES string of the molecule is CCOc1ccc(C(=O)N2CCCN(C(=O)OC(C)(C)C)CC2)cc1OCC. The first-order valence-corrected chi connectivity index (χ1v) is 9.92. The van der Waals surface area contributed by atoms with Crippen LogP contribution in [0.3, 0.4) is 0 Å². The van der Waals surface area contributed by atoms with Gasteiger partial charge in [0.05, 0.1) is 13.2 Å². The largest absolute Gasteiger partial charge is 0.490 e. The predicted octanol–water partition coefficient (Wildman–Crippen LogP) is 3.57. The van der Waals surface area contributed by atoms with Gasteiger partial charge in [0.25, 0.3) is 5.91 Å². The van der Waals surface area contributed by atoms with Gasteiger partial charge in [-0.25, -0.2) is 4.79 Å². The first-order chi connectivity index (χ1) is 13.2. The Hall–Kier alpha value is -2.44. The maximum atomic E-state index is 13.0. The van der Waals surface area contributed by atoms with Gasteiger partial charge < -0.3 is 24.0 Å². The van der Waals surface area contributed by atoms with Crippen LogP contribution in [0.25, 0.3) is 0 Å². The molecule has 0 bridgehead atoms. The van der Waals surface area contributed by atoms with E-state index in [4.69, 9.17) is 14.2 Å². The molecule has 156 valence electrons. The van der Waals surface area contributed by atoms with E-state index in [-0.39, 0.29) is 12.0 Å². The number of benzene rings is 1. The Kier molecular flexibility index (Phi) is 7.54. The highest BCUT2D eigenvalue weighted by molar-refractivity contribution is 5.95. The molecule has 1 saturated heterocycles. The van der Waals surface area contributed by atoms with Crippen LogP contribution in [0.2, 0.25) is 0 Å². The second-order valence-corrected chi connectivity index (χ2v) is 7.64. The highest BCUT2D eigenvalue weighted by Gasteiger charge is 2.26. The van der Waals surface area contributed by atoms with Crippen LogP contribution in [-0.2, 0) is 4.74 Å². The summed E-state index contributed by atoms with van der Waals surface area (Å²) in [6.07, 6.45) is 0.377. The minimum absolute atomic E-state index is 0.0740. The van der Waals surface area contributed by atoms with Crippen LogP contribution in [0.5, 0.6) is 11.5 Å². The average Bonchev–Trinajstić information content (AvgIpc) is 2.88. The van der Waals surface area contributed by atoms with Crippen molar-refractivity contribution in [3.05, 3.63) is 23.8 Å². The Morgan fingerprint density at radius 1 is 0.929 bits per heavy atom. The average molecular weight is 392 g/mol. The van der Waals surface area contributed by atoms with E-state index in [9.17, 15) is 9.59 Å². The van der Waals surface area contributed by atoms with Crippen molar-refractivity contribution in [1.29, 1.82) is 0 Å². The van der Waals surface area contributed by atoms with Crippen LogP contribution in [-0.4, -0.2) is 66.8 Å². The van der Waals surface area contributed by atoms with Gasteiger partial charge in [0.2, 0.25) is 0 Å². The molecule has 1 aliphatic rings. The van der Waals surface area contributed by atoms with Crippen molar-refractivity contribution in [3.8, 4) is 11.5 Å². The number of hydrogen-bond donors (Lipinski definition) is 0. The maximum absolute atomic E-state index is 13.0. The van der Waals surface area contributed by atoms with Crippen molar-refractivity contribution < 1.29 is 23.8 Å². The molecule has 1 aromatic rings. The van der Waals surface area contributed by atoms with Crippen molar-refractivity contribution in [3.63, 3.8) is 0 Å². The minimum Gasteiger partial charge on any atom is -0.490 e. The summed E-state index contributed by atoms with van der Waals surface area (Å²) < 4.78 is 16.6. The van der Waals surface area contributed by atoms with Gasteiger partial charge in [0.1, 0.15) is 5.60 Å². The standard InChI is InChI=1S/C21H32N2O5/c1-6-26-17-10-9-16(15-18(17)27-7-2)19(24)22-11-8-12-23(14-13-22)20(25)28-21(3,4)5/h9-10,15H,6-8,11-14H2,1-5H3. The van der Waals surface area contributed by atoms with Crippen LogP contribution in [0.4, 0.5) is 4.79 Å². The number of carbonyl (C=O) groups is 2. The summed E-state index contributed by atoms with van der Waals surface area (Å²) in [5.41, 5.74) is 0.0225. The Morgan fingerprint density at radius 3 is 2.18 bits per heavy atom. The third-order valence-electron chi connectivity index (χ3n) is 4.23. The first-order valence-electron chi connectivity index (χ1n) is 9.92. The number of carbonyl (C=O) groups excluding carboxylic acids is 2. The summed E-state index contributed by atoms with van der Waals surface area (Å²) in [4.78, 5) is 28.7. The molecule has 2 amide bonds. The third kappa shape index (κ3) is 6.04. The molecule has 0 spiro atoms. The van der Waals surface area contributed by atoms with Gasteiger partial charge >= 0.3 is 6.09 Å². The van der Waals surface area contributed by atoms with Gasteiger partial charge in [0, 0.05) is 31.7 Å². The van der Waals surface area contributed by atoms with Crippen molar-refractivity contribution in [1.82, 2.24) is 9.80 Å². The Labute approximate surface area is 167 Å². The van der Waals surface area contributed by atoms with Gasteiger partial charge in [-0.3, -0.25) is 4.79 Å². The van der Waals surface area contributed by atoms with E-state index in [1.807, 2.05) is 34.6 Å². The molecule has 0 aromatic heterocycles. The second kappa shape index (κ2) is 9.66. The Morgan fingerprint density at radius 2 is 1.54 bits per heavy atom. The molecule has 7 heteroatoms. The van der Waals surface area contributed by atoms with E-state index >= 15 is 0 Å². The minimum atomic E-state index is -0.531. The van der Waals surface area contributed by atoms with Crippen LogP contribution in [0, 0.1) is 0 Å². The van der Waals surface area contributed by atoms with E-state index in [0.717, 1.165) is 0 Å². The summed E-state index contributed by atoms with van der Waals surface area (Å²) in [6, 6.07) is 5.26. The summed E-state index contributed by atoms with van der Waals surface area (Å²) in [5.74, 6) is 1.13.